The maximum Gasteiger partial charge on any atom is 0.147 e. The zero-order valence-corrected chi connectivity index (χ0v) is 57.0. The molecule has 0 unspecified atom stereocenters. The predicted molar refractivity (Wildman–Crippen MR) is 439 cm³/mol. The van der Waals surface area contributed by atoms with Crippen LogP contribution < -0.4 is 0 Å². The Bertz CT molecular complexity index is 7600. The van der Waals surface area contributed by atoms with Crippen LogP contribution in [0.3, 0.4) is 0 Å². The van der Waals surface area contributed by atoms with Crippen LogP contribution in [0.4, 0.5) is 0 Å². The van der Waals surface area contributed by atoms with E-state index in [1.807, 2.05) is 6.07 Å². The zero-order chi connectivity index (χ0) is 67.5. The molecule has 0 spiro atoms. The molecule has 0 amide bonds. The van der Waals surface area contributed by atoms with Crippen LogP contribution >= 0.6 is 15.9 Å². The first-order chi connectivity index (χ1) is 51.1. The number of fused-ring (bicyclic) bond motifs is 36. The van der Waals surface area contributed by atoms with Gasteiger partial charge in [-0.15, -0.1) is 0 Å². The predicted octanol–water partition coefficient (Wildman–Crippen LogP) is 27.5. The normalized spacial score (nSPS) is 12.1. The van der Waals surface area contributed by atoms with Crippen molar-refractivity contribution < 1.29 is 8.83 Å². The average molecular weight is 1380 g/mol. The molecule has 18 aromatic carbocycles. The molecule has 7 heteroatoms. The van der Waals surface area contributed by atoms with E-state index in [1.54, 1.807) is 0 Å². The van der Waals surface area contributed by atoms with Gasteiger partial charge in [-0.3, -0.25) is 0 Å². The van der Waals surface area contributed by atoms with Gasteiger partial charge in [0.2, 0.25) is 0 Å². The summed E-state index contributed by atoms with van der Waals surface area (Å²) in [6, 6.07) is 122. The van der Waals surface area contributed by atoms with E-state index >= 15 is 0 Å². The van der Waals surface area contributed by atoms with Crippen LogP contribution in [0.25, 0.3) is 213 Å². The van der Waals surface area contributed by atoms with Gasteiger partial charge in [0.05, 0.1) is 60.2 Å². The number of rotatable bonds is 3. The SMILES string of the molecule is Brc1ccc2c3ccccc3c3ccccc3c2c1.c1ccc(-n2c3ccccc3c3c4[nH]c5ccccc5c4c4oc5ccccc5c4c32)cc1.c1ccc(-n2c3ccccc3c3c4c(c5ccccc5n4-c4ccc5c6ccccc6c6ccccc6c5c4)c4oc5ccccc5c4c32)cc1. The van der Waals surface area contributed by atoms with Gasteiger partial charge in [-0.2, -0.15) is 0 Å². The number of para-hydroxylation sites is 8. The van der Waals surface area contributed by atoms with Gasteiger partial charge < -0.3 is 27.5 Å². The smallest absolute Gasteiger partial charge is 0.147 e. The number of aromatic amines is 1. The number of furan rings is 2. The quantitative estimate of drug-likeness (QED) is 0.179. The van der Waals surface area contributed by atoms with Crippen molar-refractivity contribution in [2.24, 2.45) is 0 Å². The highest BCUT2D eigenvalue weighted by Crippen LogP contribution is 2.52. The molecule has 480 valence electrons. The molecule has 0 saturated heterocycles. The van der Waals surface area contributed by atoms with Crippen molar-refractivity contribution in [3.8, 4) is 17.1 Å². The monoisotopic (exact) mass is 1380 g/mol. The van der Waals surface area contributed by atoms with E-state index in [1.165, 1.54) is 114 Å². The lowest BCUT2D eigenvalue weighted by molar-refractivity contribution is 0.672. The highest BCUT2D eigenvalue weighted by atomic mass is 79.9. The van der Waals surface area contributed by atoms with Gasteiger partial charge in [-0.05, 0) is 150 Å². The molecule has 0 aliphatic heterocycles. The van der Waals surface area contributed by atoms with Crippen molar-refractivity contribution >= 4 is 212 Å². The number of nitrogens with zero attached hydrogens (tertiary/aromatic N) is 3. The third-order valence-corrected chi connectivity index (χ3v) is 22.1. The van der Waals surface area contributed by atoms with Gasteiger partial charge in [-0.25, -0.2) is 0 Å². The van der Waals surface area contributed by atoms with Crippen molar-refractivity contribution in [1.82, 2.24) is 18.7 Å². The Morgan fingerprint density at radius 3 is 1.03 bits per heavy atom. The molecule has 0 radical (unpaired) electrons. The summed E-state index contributed by atoms with van der Waals surface area (Å²) in [5, 5.41) is 29.7. The maximum absolute atomic E-state index is 6.97. The van der Waals surface area contributed by atoms with Gasteiger partial charge in [0.15, 0.2) is 0 Å². The summed E-state index contributed by atoms with van der Waals surface area (Å²) >= 11 is 3.58. The molecule has 103 heavy (non-hydrogen) atoms. The van der Waals surface area contributed by atoms with Crippen LogP contribution in [0.2, 0.25) is 0 Å². The summed E-state index contributed by atoms with van der Waals surface area (Å²) < 4.78 is 22.0. The summed E-state index contributed by atoms with van der Waals surface area (Å²) in [4.78, 5) is 3.74. The maximum atomic E-state index is 6.97. The molecular weight excluding hydrogens is 1320 g/mol. The van der Waals surface area contributed by atoms with Crippen LogP contribution in [0.5, 0.6) is 0 Å². The minimum Gasteiger partial charge on any atom is -0.455 e. The van der Waals surface area contributed by atoms with Crippen LogP contribution in [0.15, 0.2) is 353 Å². The Morgan fingerprint density at radius 2 is 0.544 bits per heavy atom. The third-order valence-electron chi connectivity index (χ3n) is 21.7. The second kappa shape index (κ2) is 22.4. The van der Waals surface area contributed by atoms with Gasteiger partial charge in [-0.1, -0.05) is 271 Å². The first-order valence-corrected chi connectivity index (χ1v) is 35.9. The van der Waals surface area contributed by atoms with Crippen LogP contribution in [-0.4, -0.2) is 18.7 Å². The van der Waals surface area contributed by atoms with Crippen LogP contribution in [0.1, 0.15) is 0 Å². The zero-order valence-electron chi connectivity index (χ0n) is 55.4. The van der Waals surface area contributed by atoms with Gasteiger partial charge in [0.25, 0.3) is 0 Å². The Kier molecular flexibility index (Phi) is 12.5. The van der Waals surface area contributed by atoms with E-state index in [0.29, 0.717) is 0 Å². The molecule has 6 heterocycles. The standard InChI is InChI=1S/C48H28N2O.C30H18N2O.C18H11Br/c1-2-14-29(15-3-1)49-40-23-11-8-20-36(40)43-46-44(48-45(47(43)49)38-22-10-13-25-42(38)51-48)37-21-9-12-24-41(37)50(46)30-26-27-35-33-18-5-4-16-31(33)32-17-6-7-19-34(32)39(35)28-30;1-2-10-18(11-3-1)32-23-16-8-5-13-20(23)25-28-26(19-12-4-7-15-22(19)31-28)30-27(29(25)32)21-14-6-9-17-24(21)33-30;19-12-9-10-17-15-7-2-1-5-13(15)14-6-3-4-8-16(14)18(17)11-12/h1-28H;1-17,31H;1-11H. The fourth-order valence-electron chi connectivity index (χ4n) is 17.5. The summed E-state index contributed by atoms with van der Waals surface area (Å²) in [5.74, 6) is 0. The average Bonchev–Trinajstić information content (AvgIpc) is 1.53. The van der Waals surface area contributed by atoms with Gasteiger partial charge in [0.1, 0.15) is 22.3 Å². The lowest BCUT2D eigenvalue weighted by Gasteiger charge is -2.14. The lowest BCUT2D eigenvalue weighted by atomic mass is 9.94. The number of halogens is 1. The van der Waals surface area contributed by atoms with Crippen molar-refractivity contribution in [2.75, 3.05) is 0 Å². The van der Waals surface area contributed by atoms with E-state index in [-0.39, 0.29) is 0 Å². The molecule has 1 N–H and O–H groups in total. The molecule has 0 aliphatic rings. The van der Waals surface area contributed by atoms with Gasteiger partial charge in [0, 0.05) is 70.1 Å². The van der Waals surface area contributed by atoms with E-state index in [4.69, 9.17) is 8.83 Å². The summed E-state index contributed by atoms with van der Waals surface area (Å²) in [6.45, 7) is 0. The number of H-pyrrole nitrogens is 1. The van der Waals surface area contributed by atoms with Crippen LogP contribution in [0, 0.1) is 0 Å². The van der Waals surface area contributed by atoms with Crippen molar-refractivity contribution in [3.63, 3.8) is 0 Å². The molecule has 6 aromatic heterocycles. The molecule has 0 saturated carbocycles. The minimum absolute atomic E-state index is 0.895. The molecule has 0 atom stereocenters. The number of nitrogens with one attached hydrogen (secondary N) is 1. The molecule has 6 nitrogen and oxygen atoms in total. The third kappa shape index (κ3) is 8.37. The Balaban J connectivity index is 0.000000109. The van der Waals surface area contributed by atoms with Crippen molar-refractivity contribution in [3.05, 3.63) is 344 Å². The highest BCUT2D eigenvalue weighted by Gasteiger charge is 2.29. The Labute approximate surface area is 596 Å². The van der Waals surface area contributed by atoms with E-state index in [2.05, 4.69) is 368 Å². The van der Waals surface area contributed by atoms with E-state index in [0.717, 1.165) is 104 Å². The molecule has 24 rings (SSSR count). The number of benzene rings is 18. The van der Waals surface area contributed by atoms with Crippen molar-refractivity contribution in [2.45, 2.75) is 0 Å². The fourth-order valence-corrected chi connectivity index (χ4v) is 17.9. The van der Waals surface area contributed by atoms with Crippen molar-refractivity contribution in [1.29, 1.82) is 0 Å². The molecular formula is C96H57BrN4O2. The van der Waals surface area contributed by atoms with E-state index < -0.39 is 0 Å². The Hall–Kier alpha value is -13.2. The first kappa shape index (κ1) is 57.7. The second-order valence-corrected chi connectivity index (χ2v) is 27.9. The molecule has 0 bridgehead atoms. The molecule has 0 fully saturated rings. The van der Waals surface area contributed by atoms with Crippen LogP contribution in [-0.2, 0) is 0 Å². The largest absolute Gasteiger partial charge is 0.455 e. The molecule has 0 aliphatic carbocycles. The minimum atomic E-state index is 0.895. The summed E-state index contributed by atoms with van der Waals surface area (Å²) in [6.07, 6.45) is 0. The lowest BCUT2D eigenvalue weighted by Crippen LogP contribution is -1.96. The number of hydrogen-bond acceptors (Lipinski definition) is 2. The number of aromatic nitrogens is 4. The molecule has 24 aromatic rings. The number of hydrogen-bond donors (Lipinski definition) is 1. The summed E-state index contributed by atoms with van der Waals surface area (Å²) in [7, 11) is 0. The topological polar surface area (TPSA) is 56.9 Å². The van der Waals surface area contributed by atoms with Gasteiger partial charge >= 0.3 is 0 Å². The highest BCUT2D eigenvalue weighted by molar-refractivity contribution is 9.10. The first-order valence-electron chi connectivity index (χ1n) is 35.1. The fraction of sp³-hybridized carbons (Fsp3) is 0. The Morgan fingerprint density at radius 1 is 0.223 bits per heavy atom. The second-order valence-electron chi connectivity index (χ2n) is 27.0. The van der Waals surface area contributed by atoms with E-state index in [9.17, 15) is 0 Å². The summed E-state index contributed by atoms with van der Waals surface area (Å²) in [5.41, 5.74) is 16.3.